The van der Waals surface area contributed by atoms with Gasteiger partial charge in [-0.1, -0.05) is 56.3 Å². The highest BCUT2D eigenvalue weighted by Gasteiger charge is 2.36. The van der Waals surface area contributed by atoms with E-state index in [2.05, 4.69) is 36.2 Å². The van der Waals surface area contributed by atoms with Crippen LogP contribution >= 0.6 is 0 Å². The molecule has 6 nitrogen and oxygen atoms in total. The molecule has 1 N–H and O–H groups in total. The van der Waals surface area contributed by atoms with E-state index in [0.717, 1.165) is 49.3 Å². The van der Waals surface area contributed by atoms with Crippen molar-refractivity contribution < 1.29 is 14.3 Å². The third-order valence-electron chi connectivity index (χ3n) is 6.40. The number of carbonyl (C=O) groups excluding carboxylic acids is 1. The Hall–Kier alpha value is -3.64. The first-order valence-electron chi connectivity index (χ1n) is 12.6. The zero-order valence-corrected chi connectivity index (χ0v) is 21.6. The number of ether oxygens (including phenoxy) is 2. The normalized spacial score (nSPS) is 15.1. The zero-order valence-electron chi connectivity index (χ0n) is 21.6. The third-order valence-corrected chi connectivity index (χ3v) is 6.40. The summed E-state index contributed by atoms with van der Waals surface area (Å²) in [6, 6.07) is 21.9. The zero-order chi connectivity index (χ0) is 25.5. The van der Waals surface area contributed by atoms with E-state index in [1.807, 2.05) is 54.6 Å². The predicted octanol–water partition coefficient (Wildman–Crippen LogP) is 6.18. The van der Waals surface area contributed by atoms with Crippen molar-refractivity contribution >= 4 is 23.0 Å². The summed E-state index contributed by atoms with van der Waals surface area (Å²) in [7, 11) is 3.18. The van der Waals surface area contributed by atoms with E-state index < -0.39 is 5.92 Å². The van der Waals surface area contributed by atoms with Crippen LogP contribution in [0.15, 0.2) is 71.7 Å². The fourth-order valence-electron chi connectivity index (χ4n) is 4.74. The van der Waals surface area contributed by atoms with Crippen molar-refractivity contribution in [1.82, 2.24) is 4.90 Å². The van der Waals surface area contributed by atoms with Crippen molar-refractivity contribution in [3.63, 3.8) is 0 Å². The number of amides is 1. The van der Waals surface area contributed by atoms with Gasteiger partial charge >= 0.3 is 0 Å². The van der Waals surface area contributed by atoms with Gasteiger partial charge in [0.15, 0.2) is 11.5 Å². The number of anilines is 1. The van der Waals surface area contributed by atoms with Crippen LogP contribution in [-0.2, 0) is 11.3 Å². The van der Waals surface area contributed by atoms with Gasteiger partial charge in [-0.2, -0.15) is 0 Å². The third kappa shape index (κ3) is 5.60. The van der Waals surface area contributed by atoms with Gasteiger partial charge in [0.25, 0.3) is 0 Å². The van der Waals surface area contributed by atoms with E-state index in [1.165, 1.54) is 5.56 Å². The Balaban J connectivity index is 1.71. The van der Waals surface area contributed by atoms with Crippen LogP contribution in [0.1, 0.15) is 49.3 Å². The van der Waals surface area contributed by atoms with Crippen molar-refractivity contribution in [2.45, 2.75) is 39.2 Å². The highest BCUT2D eigenvalue weighted by atomic mass is 16.5. The molecule has 0 aliphatic carbocycles. The predicted molar refractivity (Wildman–Crippen MR) is 146 cm³/mol. The number of rotatable bonds is 11. The lowest BCUT2D eigenvalue weighted by Crippen LogP contribution is -2.24. The Morgan fingerprint density at radius 3 is 2.17 bits per heavy atom. The Labute approximate surface area is 214 Å². The minimum atomic E-state index is -0.563. The second-order valence-electron chi connectivity index (χ2n) is 9.02. The molecule has 0 bridgehead atoms. The number of fused-ring (bicyclic) bond motifs is 1. The Morgan fingerprint density at radius 2 is 1.56 bits per heavy atom. The van der Waals surface area contributed by atoms with Crippen molar-refractivity contribution in [3.8, 4) is 11.5 Å². The lowest BCUT2D eigenvalue weighted by Gasteiger charge is -2.21. The first-order valence-corrected chi connectivity index (χ1v) is 12.6. The number of aliphatic imine (C=N–C) groups is 1. The number of nitrogens with one attached hydrogen (secondary N) is 1. The van der Waals surface area contributed by atoms with Crippen LogP contribution in [0, 0.1) is 0 Å². The van der Waals surface area contributed by atoms with Gasteiger partial charge in [0.2, 0.25) is 5.91 Å². The molecule has 6 heteroatoms. The minimum absolute atomic E-state index is 0.116. The molecule has 0 fully saturated rings. The molecule has 4 rings (SSSR count). The molecule has 1 amide bonds. The van der Waals surface area contributed by atoms with Crippen molar-refractivity contribution in [2.75, 3.05) is 32.6 Å². The fraction of sp³-hybridized carbons (Fsp3) is 0.333. The van der Waals surface area contributed by atoms with Crippen LogP contribution < -0.4 is 14.8 Å². The molecule has 1 aliphatic rings. The summed E-state index contributed by atoms with van der Waals surface area (Å²) in [5.41, 5.74) is 5.22. The molecule has 188 valence electrons. The first kappa shape index (κ1) is 25.5. The molecule has 1 atom stereocenters. The van der Waals surface area contributed by atoms with Crippen LogP contribution in [0.25, 0.3) is 0 Å². The lowest BCUT2D eigenvalue weighted by molar-refractivity contribution is -0.115. The van der Waals surface area contributed by atoms with E-state index in [-0.39, 0.29) is 5.91 Å². The standard InChI is InChI=1S/C30H35N3O3/c1-5-16-33(17-6-2)20-21-12-14-23(15-13-21)31-29(22-10-8-7-9-11-22)28-24-18-26(35-3)27(36-4)19-25(24)32-30(28)34/h7-15,18-19,28H,5-6,16-17,20H2,1-4H3,(H,32,34). The quantitative estimate of drug-likeness (QED) is 0.329. The van der Waals surface area contributed by atoms with Gasteiger partial charge in [0.1, 0.15) is 5.92 Å². The number of benzene rings is 3. The van der Waals surface area contributed by atoms with Gasteiger partial charge in [-0.25, -0.2) is 0 Å². The monoisotopic (exact) mass is 485 g/mol. The highest BCUT2D eigenvalue weighted by molar-refractivity contribution is 6.24. The molecule has 36 heavy (non-hydrogen) atoms. The number of hydrogen-bond acceptors (Lipinski definition) is 5. The van der Waals surface area contributed by atoms with Gasteiger partial charge in [-0.3, -0.25) is 14.7 Å². The summed E-state index contributed by atoms with van der Waals surface area (Å²) in [6.45, 7) is 7.55. The molecule has 0 saturated carbocycles. The largest absolute Gasteiger partial charge is 0.493 e. The average Bonchev–Trinajstić information content (AvgIpc) is 3.22. The molecule has 1 aliphatic heterocycles. The van der Waals surface area contributed by atoms with Crippen LogP contribution in [0.2, 0.25) is 0 Å². The maximum Gasteiger partial charge on any atom is 0.238 e. The van der Waals surface area contributed by atoms with Crippen LogP contribution in [0.5, 0.6) is 11.5 Å². The second-order valence-corrected chi connectivity index (χ2v) is 9.02. The molecule has 1 heterocycles. The maximum atomic E-state index is 13.3. The number of hydrogen-bond donors (Lipinski definition) is 1. The number of nitrogens with zero attached hydrogens (tertiary/aromatic N) is 2. The molecule has 3 aromatic carbocycles. The summed E-state index contributed by atoms with van der Waals surface area (Å²) < 4.78 is 11.0. The Bertz CT molecular complexity index is 1200. The Kier molecular flexibility index (Phi) is 8.39. The van der Waals surface area contributed by atoms with Gasteiger partial charge in [0, 0.05) is 18.3 Å². The smallest absolute Gasteiger partial charge is 0.238 e. The molecular formula is C30H35N3O3. The average molecular weight is 486 g/mol. The van der Waals surface area contributed by atoms with E-state index in [4.69, 9.17) is 14.5 Å². The molecule has 0 radical (unpaired) electrons. The number of methoxy groups -OCH3 is 2. The fourth-order valence-corrected chi connectivity index (χ4v) is 4.74. The molecular weight excluding hydrogens is 450 g/mol. The van der Waals surface area contributed by atoms with Gasteiger partial charge in [0.05, 0.1) is 25.6 Å². The topological polar surface area (TPSA) is 63.2 Å². The molecule has 0 saturated heterocycles. The van der Waals surface area contributed by atoms with Gasteiger partial charge in [-0.15, -0.1) is 0 Å². The maximum absolute atomic E-state index is 13.3. The van der Waals surface area contributed by atoms with Crippen molar-refractivity contribution in [3.05, 3.63) is 83.4 Å². The van der Waals surface area contributed by atoms with E-state index >= 15 is 0 Å². The van der Waals surface area contributed by atoms with Crippen LogP contribution in [0.3, 0.4) is 0 Å². The SMILES string of the molecule is CCCN(CCC)Cc1ccc(N=C(c2ccccc2)C2C(=O)Nc3cc(OC)c(OC)cc32)cc1. The van der Waals surface area contributed by atoms with Crippen LogP contribution in [0.4, 0.5) is 11.4 Å². The van der Waals surface area contributed by atoms with E-state index in [9.17, 15) is 4.79 Å². The Morgan fingerprint density at radius 1 is 0.917 bits per heavy atom. The van der Waals surface area contributed by atoms with Crippen molar-refractivity contribution in [1.29, 1.82) is 0 Å². The summed E-state index contributed by atoms with van der Waals surface area (Å²) in [6.07, 6.45) is 2.29. The molecule has 0 aromatic heterocycles. The van der Waals surface area contributed by atoms with Crippen molar-refractivity contribution in [2.24, 2.45) is 4.99 Å². The van der Waals surface area contributed by atoms with E-state index in [0.29, 0.717) is 22.9 Å². The summed E-state index contributed by atoms with van der Waals surface area (Å²) in [4.78, 5) is 20.8. The van der Waals surface area contributed by atoms with Gasteiger partial charge < -0.3 is 14.8 Å². The minimum Gasteiger partial charge on any atom is -0.493 e. The molecule has 3 aromatic rings. The molecule has 1 unspecified atom stereocenters. The van der Waals surface area contributed by atoms with Crippen LogP contribution in [-0.4, -0.2) is 43.8 Å². The summed E-state index contributed by atoms with van der Waals surface area (Å²) in [5.74, 6) is 0.477. The highest BCUT2D eigenvalue weighted by Crippen LogP contribution is 2.42. The summed E-state index contributed by atoms with van der Waals surface area (Å²) in [5, 5.41) is 3.00. The molecule has 0 spiro atoms. The second kappa shape index (κ2) is 11.9. The van der Waals surface area contributed by atoms with Gasteiger partial charge in [-0.05, 0) is 60.8 Å². The summed E-state index contributed by atoms with van der Waals surface area (Å²) >= 11 is 0. The number of carbonyl (C=O) groups is 1. The lowest BCUT2D eigenvalue weighted by atomic mass is 9.90. The van der Waals surface area contributed by atoms with E-state index in [1.54, 1.807) is 14.2 Å². The first-order chi connectivity index (χ1) is 17.6.